The van der Waals surface area contributed by atoms with E-state index < -0.39 is 16.0 Å². The number of aromatic hydroxyl groups is 1. The number of nitrogens with zero attached hydrogens (tertiary/aromatic N) is 2. The van der Waals surface area contributed by atoms with Gasteiger partial charge in [0.15, 0.2) is 5.88 Å². The summed E-state index contributed by atoms with van der Waals surface area (Å²) >= 11 is 0. The summed E-state index contributed by atoms with van der Waals surface area (Å²) in [6.45, 7) is 0.798. The molecule has 0 unspecified atom stereocenters. The van der Waals surface area contributed by atoms with E-state index in [0.29, 0.717) is 52.2 Å². The normalized spacial score (nSPS) is 12.0. The number of esters is 1. The van der Waals surface area contributed by atoms with Gasteiger partial charge >= 0.3 is 5.97 Å². The van der Waals surface area contributed by atoms with E-state index in [0.717, 1.165) is 5.56 Å². The molecule has 1 aromatic heterocycles. The molecule has 0 saturated carbocycles. The third-order valence-corrected chi connectivity index (χ3v) is 7.02. The van der Waals surface area contributed by atoms with Crippen LogP contribution in [0.5, 0.6) is 5.88 Å². The first-order valence-corrected chi connectivity index (χ1v) is 13.4. The molecule has 0 fully saturated rings. The van der Waals surface area contributed by atoms with Crippen LogP contribution in [0.1, 0.15) is 21.5 Å². The van der Waals surface area contributed by atoms with Crippen molar-refractivity contribution in [2.45, 2.75) is 0 Å². The van der Waals surface area contributed by atoms with Gasteiger partial charge in [-0.1, -0.05) is 36.4 Å². The molecule has 0 bridgehead atoms. The second-order valence-corrected chi connectivity index (χ2v) is 10.3. The van der Waals surface area contributed by atoms with Gasteiger partial charge in [0.05, 0.1) is 41.6 Å². The Labute approximate surface area is 215 Å². The predicted octanol–water partition coefficient (Wildman–Crippen LogP) is 3.81. The van der Waals surface area contributed by atoms with Crippen LogP contribution in [0.4, 0.5) is 11.4 Å². The number of sulfonamides is 1. The molecule has 0 aliphatic heterocycles. The average Bonchev–Trinajstić information content (AvgIpc) is 3.22. The maximum absolute atomic E-state index is 12.3. The first kappa shape index (κ1) is 25.9. The van der Waals surface area contributed by atoms with Gasteiger partial charge in [-0.15, -0.1) is 0 Å². The number of H-pyrrole nitrogens is 1. The number of carbonyl (C=O) groups is 1. The van der Waals surface area contributed by atoms with Gasteiger partial charge in [-0.2, -0.15) is 0 Å². The van der Waals surface area contributed by atoms with E-state index in [1.807, 2.05) is 30.3 Å². The molecule has 0 atom stereocenters. The number of aromatic nitrogens is 1. The highest BCUT2D eigenvalue weighted by Crippen LogP contribution is 2.32. The van der Waals surface area contributed by atoms with Gasteiger partial charge in [0.25, 0.3) is 0 Å². The molecule has 4 rings (SSSR count). The van der Waals surface area contributed by atoms with Crippen molar-refractivity contribution in [1.82, 2.24) is 10.3 Å². The van der Waals surface area contributed by atoms with Crippen molar-refractivity contribution in [3.8, 4) is 5.88 Å². The molecule has 0 radical (unpaired) electrons. The summed E-state index contributed by atoms with van der Waals surface area (Å²) in [6.07, 6.45) is 1.17. The highest BCUT2D eigenvalue weighted by atomic mass is 32.2. The molecule has 10 heteroatoms. The molecular weight excluding hydrogens is 492 g/mol. The van der Waals surface area contributed by atoms with Crippen molar-refractivity contribution in [1.29, 1.82) is 0 Å². The van der Waals surface area contributed by atoms with Crippen LogP contribution >= 0.6 is 0 Å². The lowest BCUT2D eigenvalue weighted by Crippen LogP contribution is -2.35. The summed E-state index contributed by atoms with van der Waals surface area (Å²) in [7, 11) is -0.384. The van der Waals surface area contributed by atoms with Crippen LogP contribution in [0.25, 0.3) is 10.9 Å². The number of hydrogen-bond acceptors (Lipinski definition) is 7. The van der Waals surface area contributed by atoms with Crippen molar-refractivity contribution >= 4 is 44.0 Å². The fourth-order valence-electron chi connectivity index (χ4n) is 4.05. The number of rotatable bonds is 9. The molecule has 1 heterocycles. The zero-order valence-corrected chi connectivity index (χ0v) is 21.5. The van der Waals surface area contributed by atoms with Crippen molar-refractivity contribution in [2.75, 3.05) is 37.8 Å². The lowest BCUT2D eigenvalue weighted by Gasteiger charge is -2.22. The molecule has 37 heavy (non-hydrogen) atoms. The van der Waals surface area contributed by atoms with Crippen LogP contribution in [0.15, 0.2) is 77.8 Å². The molecule has 4 aromatic rings. The fraction of sp³-hybridized carbons (Fsp3) is 0.185. The molecule has 0 aliphatic carbocycles. The lowest BCUT2D eigenvalue weighted by molar-refractivity contribution is 0.0601. The molecular formula is C27H28N4O5S. The quantitative estimate of drug-likeness (QED) is 0.228. The summed E-state index contributed by atoms with van der Waals surface area (Å²) in [4.78, 5) is 19.7. The number of hydrogen-bond donors (Lipinski definition) is 3. The first-order valence-electron chi connectivity index (χ1n) is 11.5. The van der Waals surface area contributed by atoms with Crippen LogP contribution < -0.4 is 9.62 Å². The van der Waals surface area contributed by atoms with Crippen LogP contribution in [0.2, 0.25) is 0 Å². The Bertz CT molecular complexity index is 1550. The summed E-state index contributed by atoms with van der Waals surface area (Å²) in [6, 6.07) is 21.3. The number of benzene rings is 3. The molecule has 0 aliphatic rings. The summed E-state index contributed by atoms with van der Waals surface area (Å²) in [5, 5.41) is 14.5. The van der Waals surface area contributed by atoms with Gasteiger partial charge in [0, 0.05) is 29.6 Å². The van der Waals surface area contributed by atoms with E-state index in [1.54, 1.807) is 49.5 Å². The Morgan fingerprint density at radius 2 is 1.76 bits per heavy atom. The van der Waals surface area contributed by atoms with Crippen molar-refractivity contribution in [3.05, 3.63) is 89.5 Å². The number of aromatic amines is 1. The van der Waals surface area contributed by atoms with Crippen molar-refractivity contribution in [2.24, 2.45) is 4.99 Å². The van der Waals surface area contributed by atoms with Crippen LogP contribution in [0, 0.1) is 0 Å². The largest absolute Gasteiger partial charge is 0.494 e. The zero-order chi connectivity index (χ0) is 26.6. The minimum Gasteiger partial charge on any atom is -0.494 e. The maximum Gasteiger partial charge on any atom is 0.337 e. The number of aliphatic imine (C=N–C) groups is 1. The summed E-state index contributed by atoms with van der Waals surface area (Å²) in [5.41, 5.74) is 3.78. The Hall–Kier alpha value is -4.15. The predicted molar refractivity (Wildman–Crippen MR) is 146 cm³/mol. The van der Waals surface area contributed by atoms with E-state index in [9.17, 15) is 18.3 Å². The second kappa shape index (κ2) is 10.9. The number of likely N-dealkylation sites (N-methyl/N-ethyl adjacent to an activating group) is 1. The topological polar surface area (TPSA) is 124 Å². The Morgan fingerprint density at radius 3 is 2.38 bits per heavy atom. The molecule has 0 spiro atoms. The van der Waals surface area contributed by atoms with E-state index in [-0.39, 0.29) is 5.88 Å². The number of methoxy groups -OCH3 is 1. The number of carbonyl (C=O) groups excluding carboxylic acids is 1. The van der Waals surface area contributed by atoms with Gasteiger partial charge in [0.2, 0.25) is 10.0 Å². The third kappa shape index (κ3) is 5.65. The number of anilines is 1. The van der Waals surface area contributed by atoms with Crippen LogP contribution in [-0.2, 0) is 14.8 Å². The van der Waals surface area contributed by atoms with E-state index in [1.165, 1.54) is 17.7 Å². The zero-order valence-electron chi connectivity index (χ0n) is 20.7. The van der Waals surface area contributed by atoms with Crippen LogP contribution in [-0.4, -0.2) is 63.7 Å². The first-order chi connectivity index (χ1) is 17.7. The molecule has 192 valence electrons. The maximum atomic E-state index is 12.3. The highest BCUT2D eigenvalue weighted by Gasteiger charge is 2.21. The van der Waals surface area contributed by atoms with E-state index >= 15 is 0 Å². The van der Waals surface area contributed by atoms with Gasteiger partial charge in [-0.25, -0.2) is 18.2 Å². The molecule has 3 N–H and O–H groups in total. The fourth-order valence-corrected chi connectivity index (χ4v) is 4.98. The van der Waals surface area contributed by atoms with Gasteiger partial charge < -0.3 is 20.1 Å². The molecule has 0 amide bonds. The number of nitrogens with one attached hydrogen (secondary N) is 2. The standard InChI is InChI=1S/C27H28N4O5S/c1-28-15-16-31(37(3,34)35)21-12-10-20(11-13-21)29-25(18-7-5-4-6-8-18)24-22-14-9-19(27(33)36-2)17-23(22)30-26(24)32/h4-14,17,28,30,32H,15-16H2,1-3H3. The van der Waals surface area contributed by atoms with Gasteiger partial charge in [0.1, 0.15) is 0 Å². The smallest absolute Gasteiger partial charge is 0.337 e. The van der Waals surface area contributed by atoms with E-state index in [4.69, 9.17) is 9.73 Å². The van der Waals surface area contributed by atoms with Crippen LogP contribution in [0.3, 0.4) is 0 Å². The number of fused-ring (bicyclic) bond motifs is 1. The Kier molecular flexibility index (Phi) is 7.61. The second-order valence-electron chi connectivity index (χ2n) is 8.38. The molecule has 9 nitrogen and oxygen atoms in total. The Morgan fingerprint density at radius 1 is 1.05 bits per heavy atom. The SMILES string of the molecule is CNCCN(c1ccc(N=C(c2ccccc2)c2c(O)[nH]c3cc(C(=O)OC)ccc23)cc1)S(C)(=O)=O. The van der Waals surface area contributed by atoms with Crippen molar-refractivity contribution in [3.63, 3.8) is 0 Å². The minimum absolute atomic E-state index is 0.0912. The summed E-state index contributed by atoms with van der Waals surface area (Å²) in [5.74, 6) is -0.570. The van der Waals surface area contributed by atoms with Crippen molar-refractivity contribution < 1.29 is 23.1 Å². The third-order valence-electron chi connectivity index (χ3n) is 5.83. The monoisotopic (exact) mass is 520 g/mol. The lowest BCUT2D eigenvalue weighted by atomic mass is 10.00. The average molecular weight is 521 g/mol. The highest BCUT2D eigenvalue weighted by molar-refractivity contribution is 7.92. The minimum atomic E-state index is -3.46. The Balaban J connectivity index is 1.81. The number of ether oxygens (including phenoxy) is 1. The van der Waals surface area contributed by atoms with E-state index in [2.05, 4.69) is 10.3 Å². The van der Waals surface area contributed by atoms with Gasteiger partial charge in [-0.05, 0) is 43.4 Å². The summed E-state index contributed by atoms with van der Waals surface area (Å²) < 4.78 is 30.7. The van der Waals surface area contributed by atoms with Gasteiger partial charge in [-0.3, -0.25) is 4.31 Å². The molecule has 0 saturated heterocycles. The molecule has 3 aromatic carbocycles.